The lowest BCUT2D eigenvalue weighted by atomic mass is 10.1. The van der Waals surface area contributed by atoms with Crippen LogP contribution in [-0.4, -0.2) is 12.9 Å². The number of hydrogen-bond acceptors (Lipinski definition) is 2. The number of ether oxygens (including phenoxy) is 1. The van der Waals surface area contributed by atoms with Crippen LogP contribution < -0.4 is 4.74 Å². The Balaban J connectivity index is 2.56. The molecule has 1 unspecified atom stereocenters. The molecule has 0 aliphatic carbocycles. The maximum atomic E-state index is 10.8. The highest BCUT2D eigenvalue weighted by atomic mass is 79.9. The average molecular weight is 285 g/mol. The topological polar surface area (TPSA) is 26.3 Å². The molecule has 0 fully saturated rings. The zero-order valence-corrected chi connectivity index (χ0v) is 11.3. The van der Waals surface area contributed by atoms with Gasteiger partial charge in [0.05, 0.1) is 12.2 Å². The predicted octanol–water partition coefficient (Wildman–Crippen LogP) is 4.08. The first-order valence-corrected chi connectivity index (χ1v) is 6.34. The summed E-state index contributed by atoms with van der Waals surface area (Å²) < 4.78 is 6.50. The molecule has 1 aromatic rings. The third kappa shape index (κ3) is 3.97. The Morgan fingerprint density at radius 2 is 2.25 bits per heavy atom. The quantitative estimate of drug-likeness (QED) is 0.736. The number of benzene rings is 1. The van der Waals surface area contributed by atoms with E-state index in [4.69, 9.17) is 4.74 Å². The molecule has 1 atom stereocenters. The molecule has 0 aromatic heterocycles. The van der Waals surface area contributed by atoms with Crippen LogP contribution in [-0.2, 0) is 0 Å². The van der Waals surface area contributed by atoms with Crippen molar-refractivity contribution in [3.63, 3.8) is 0 Å². The van der Waals surface area contributed by atoms with Crippen LogP contribution in [0.3, 0.4) is 0 Å². The van der Waals surface area contributed by atoms with Gasteiger partial charge in [0.2, 0.25) is 0 Å². The van der Waals surface area contributed by atoms with E-state index in [1.165, 1.54) is 0 Å². The molecule has 0 radical (unpaired) electrons. The molecule has 0 saturated heterocycles. The fourth-order valence-corrected chi connectivity index (χ4v) is 1.70. The molecule has 0 aliphatic rings. The third-order valence-corrected chi connectivity index (χ3v) is 3.16. The van der Waals surface area contributed by atoms with Crippen LogP contribution in [0.5, 0.6) is 5.75 Å². The van der Waals surface area contributed by atoms with E-state index in [-0.39, 0.29) is 0 Å². The minimum atomic E-state index is 0.596. The van der Waals surface area contributed by atoms with E-state index in [1.54, 1.807) is 6.07 Å². The predicted molar refractivity (Wildman–Crippen MR) is 69.1 cm³/mol. The summed E-state index contributed by atoms with van der Waals surface area (Å²) in [5, 5.41) is 0. The van der Waals surface area contributed by atoms with Crippen LogP contribution >= 0.6 is 15.9 Å². The van der Waals surface area contributed by atoms with E-state index in [1.807, 2.05) is 12.1 Å². The first-order valence-electron chi connectivity index (χ1n) is 5.55. The number of carbonyl (C=O) groups is 1. The first-order chi connectivity index (χ1) is 7.67. The Hall–Kier alpha value is -0.830. The summed E-state index contributed by atoms with van der Waals surface area (Å²) in [4.78, 5) is 10.8. The van der Waals surface area contributed by atoms with Gasteiger partial charge in [0.25, 0.3) is 0 Å². The summed E-state index contributed by atoms with van der Waals surface area (Å²) in [5.41, 5.74) is 0.596. The van der Waals surface area contributed by atoms with Gasteiger partial charge >= 0.3 is 0 Å². The van der Waals surface area contributed by atoms with Gasteiger partial charge in [0, 0.05) is 4.47 Å². The second-order valence-electron chi connectivity index (χ2n) is 3.95. The van der Waals surface area contributed by atoms with Gasteiger partial charge in [0.1, 0.15) is 5.75 Å². The molecular formula is C13H17BrO2. The van der Waals surface area contributed by atoms with Gasteiger partial charge in [-0.3, -0.25) is 4.79 Å². The van der Waals surface area contributed by atoms with Crippen LogP contribution in [0.2, 0.25) is 0 Å². The lowest BCUT2D eigenvalue weighted by Gasteiger charge is -2.11. The van der Waals surface area contributed by atoms with Crippen molar-refractivity contribution in [2.45, 2.75) is 26.7 Å². The average Bonchev–Trinajstić information content (AvgIpc) is 2.30. The largest absolute Gasteiger partial charge is 0.493 e. The van der Waals surface area contributed by atoms with Crippen LogP contribution in [0.4, 0.5) is 0 Å². The molecule has 0 saturated carbocycles. The summed E-state index contributed by atoms with van der Waals surface area (Å²) in [6.07, 6.45) is 3.00. The lowest BCUT2D eigenvalue weighted by molar-refractivity contribution is 0.111. The zero-order valence-electron chi connectivity index (χ0n) is 9.70. The summed E-state index contributed by atoms with van der Waals surface area (Å²) in [6.45, 7) is 5.03. The van der Waals surface area contributed by atoms with Crippen molar-refractivity contribution in [2.24, 2.45) is 5.92 Å². The molecule has 0 amide bonds. The van der Waals surface area contributed by atoms with Crippen molar-refractivity contribution < 1.29 is 9.53 Å². The van der Waals surface area contributed by atoms with E-state index >= 15 is 0 Å². The minimum Gasteiger partial charge on any atom is -0.493 e. The summed E-state index contributed by atoms with van der Waals surface area (Å²) in [5.74, 6) is 1.33. The van der Waals surface area contributed by atoms with Crippen molar-refractivity contribution in [3.8, 4) is 5.75 Å². The van der Waals surface area contributed by atoms with Crippen molar-refractivity contribution >= 4 is 22.2 Å². The van der Waals surface area contributed by atoms with Crippen LogP contribution in [0, 0.1) is 5.92 Å². The Labute approximate surface area is 105 Å². The molecule has 0 spiro atoms. The highest BCUT2D eigenvalue weighted by molar-refractivity contribution is 9.10. The minimum absolute atomic E-state index is 0.596. The fraction of sp³-hybridized carbons (Fsp3) is 0.462. The Kier molecular flexibility index (Phi) is 5.53. The summed E-state index contributed by atoms with van der Waals surface area (Å²) in [6, 6.07) is 5.47. The Bertz CT molecular complexity index is 350. The number of aldehydes is 1. The van der Waals surface area contributed by atoms with Crippen molar-refractivity contribution in [3.05, 3.63) is 28.2 Å². The molecule has 0 N–H and O–H groups in total. The van der Waals surface area contributed by atoms with Gasteiger partial charge in [-0.15, -0.1) is 0 Å². The SMILES string of the molecule is CCC(C)CCOc1ccc(Br)cc1C=O. The molecule has 16 heavy (non-hydrogen) atoms. The van der Waals surface area contributed by atoms with Crippen LogP contribution in [0.25, 0.3) is 0 Å². The number of rotatable bonds is 6. The van der Waals surface area contributed by atoms with E-state index in [0.29, 0.717) is 23.8 Å². The Morgan fingerprint density at radius 3 is 2.88 bits per heavy atom. The van der Waals surface area contributed by atoms with Crippen LogP contribution in [0.15, 0.2) is 22.7 Å². The number of carbonyl (C=O) groups excluding carboxylic acids is 1. The van der Waals surface area contributed by atoms with Crippen molar-refractivity contribution in [1.82, 2.24) is 0 Å². The first kappa shape index (κ1) is 13.2. The van der Waals surface area contributed by atoms with Gasteiger partial charge in [-0.25, -0.2) is 0 Å². The fourth-order valence-electron chi connectivity index (χ4n) is 1.32. The summed E-state index contributed by atoms with van der Waals surface area (Å²) >= 11 is 3.33. The van der Waals surface area contributed by atoms with Crippen molar-refractivity contribution in [1.29, 1.82) is 0 Å². The Morgan fingerprint density at radius 1 is 1.50 bits per heavy atom. The van der Waals surface area contributed by atoms with Gasteiger partial charge in [-0.05, 0) is 30.5 Å². The number of halogens is 1. The van der Waals surface area contributed by atoms with E-state index in [2.05, 4.69) is 29.8 Å². The molecule has 1 aromatic carbocycles. The smallest absolute Gasteiger partial charge is 0.153 e. The van der Waals surface area contributed by atoms with E-state index in [0.717, 1.165) is 23.6 Å². The van der Waals surface area contributed by atoms with Gasteiger partial charge in [0.15, 0.2) is 6.29 Å². The lowest BCUT2D eigenvalue weighted by Crippen LogP contribution is -2.04. The molecule has 0 heterocycles. The third-order valence-electron chi connectivity index (χ3n) is 2.66. The highest BCUT2D eigenvalue weighted by Crippen LogP contribution is 2.22. The molecule has 0 aliphatic heterocycles. The van der Waals surface area contributed by atoms with Gasteiger partial charge < -0.3 is 4.74 Å². The van der Waals surface area contributed by atoms with Gasteiger partial charge in [-0.1, -0.05) is 36.2 Å². The second-order valence-corrected chi connectivity index (χ2v) is 4.87. The molecule has 3 heteroatoms. The molecular weight excluding hydrogens is 268 g/mol. The molecule has 88 valence electrons. The zero-order chi connectivity index (χ0) is 12.0. The van der Waals surface area contributed by atoms with Crippen LogP contribution in [0.1, 0.15) is 37.0 Å². The number of hydrogen-bond donors (Lipinski definition) is 0. The van der Waals surface area contributed by atoms with E-state index in [9.17, 15) is 4.79 Å². The standard InChI is InChI=1S/C13H17BrO2/c1-3-10(2)6-7-16-13-5-4-12(14)8-11(13)9-15/h4-5,8-10H,3,6-7H2,1-2H3. The molecule has 0 bridgehead atoms. The van der Waals surface area contributed by atoms with Gasteiger partial charge in [-0.2, -0.15) is 0 Å². The van der Waals surface area contributed by atoms with Crippen molar-refractivity contribution in [2.75, 3.05) is 6.61 Å². The highest BCUT2D eigenvalue weighted by Gasteiger charge is 2.04. The molecule has 1 rings (SSSR count). The maximum absolute atomic E-state index is 10.8. The molecule has 2 nitrogen and oxygen atoms in total. The van der Waals surface area contributed by atoms with E-state index < -0.39 is 0 Å². The maximum Gasteiger partial charge on any atom is 0.153 e. The second kappa shape index (κ2) is 6.69. The monoisotopic (exact) mass is 284 g/mol. The summed E-state index contributed by atoms with van der Waals surface area (Å²) in [7, 11) is 0. The normalized spacial score (nSPS) is 12.2.